The van der Waals surface area contributed by atoms with Crippen LogP contribution >= 0.6 is 23.5 Å². The number of nitrogens with one attached hydrogen (secondary N) is 2. The van der Waals surface area contributed by atoms with Crippen molar-refractivity contribution in [3.05, 3.63) is 40.9 Å². The Morgan fingerprint density at radius 3 is 2.63 bits per heavy atom. The van der Waals surface area contributed by atoms with Crippen molar-refractivity contribution in [2.75, 3.05) is 18.1 Å². The van der Waals surface area contributed by atoms with E-state index in [-0.39, 0.29) is 52.8 Å². The molecule has 1 aromatic rings. The molecule has 1 aliphatic carbocycles. The zero-order valence-electron chi connectivity index (χ0n) is 18.2. The van der Waals surface area contributed by atoms with Crippen LogP contribution in [0.4, 0.5) is 0 Å². The number of thioether (sulfide) groups is 2. The SMILES string of the molecule is O=C(CSc1ncccn1)N[C@@H]1C(=O)N2C(C(=O)O)=C(C(CC3CC3)=C3CCNC3=O)CS[C@H]12.[NaH]. The molecule has 2 saturated heterocycles. The number of carbonyl (C=O) groups excluding carboxylic acids is 3. The van der Waals surface area contributed by atoms with Crippen molar-refractivity contribution in [3.8, 4) is 0 Å². The molecule has 2 atom stereocenters. The molecule has 3 fully saturated rings. The van der Waals surface area contributed by atoms with Gasteiger partial charge in [0, 0.05) is 30.3 Å². The number of aromatic nitrogens is 2. The van der Waals surface area contributed by atoms with Gasteiger partial charge in [-0.2, -0.15) is 0 Å². The summed E-state index contributed by atoms with van der Waals surface area (Å²) in [6.07, 6.45) is 6.50. The molecule has 0 radical (unpaired) electrons. The summed E-state index contributed by atoms with van der Waals surface area (Å²) in [7, 11) is 0. The molecule has 5 rings (SSSR count). The number of carbonyl (C=O) groups is 4. The van der Waals surface area contributed by atoms with E-state index in [1.165, 1.54) is 16.7 Å². The first-order valence-corrected chi connectivity index (χ1v) is 13.1. The van der Waals surface area contributed by atoms with Crippen LogP contribution in [0, 0.1) is 5.92 Å². The topological polar surface area (TPSA) is 142 Å². The molecule has 3 amide bonds. The number of allylic oxidation sites excluding steroid dienone is 1. The predicted octanol–water partition coefficient (Wildman–Crippen LogP) is 0.275. The van der Waals surface area contributed by atoms with Crippen molar-refractivity contribution < 1.29 is 24.3 Å². The van der Waals surface area contributed by atoms with Gasteiger partial charge in [0.2, 0.25) is 11.8 Å². The summed E-state index contributed by atoms with van der Waals surface area (Å²) in [5, 5.41) is 15.5. The van der Waals surface area contributed by atoms with E-state index in [9.17, 15) is 24.3 Å². The minimum atomic E-state index is -1.19. The second-order valence-electron chi connectivity index (χ2n) is 8.52. The molecule has 0 unspecified atom stereocenters. The molecular weight excluding hydrogens is 501 g/mol. The average Bonchev–Trinajstić information content (AvgIpc) is 3.57. The Labute approximate surface area is 232 Å². The Morgan fingerprint density at radius 1 is 1.26 bits per heavy atom. The monoisotopic (exact) mass is 525 g/mol. The molecule has 3 aliphatic heterocycles. The molecule has 1 saturated carbocycles. The normalized spacial score (nSPS) is 24.7. The molecule has 1 aromatic heterocycles. The number of nitrogens with zero attached hydrogens (tertiary/aromatic N) is 3. The summed E-state index contributed by atoms with van der Waals surface area (Å²) in [5.41, 5.74) is 1.91. The minimum absolute atomic E-state index is 0. The second-order valence-corrected chi connectivity index (χ2v) is 10.6. The summed E-state index contributed by atoms with van der Waals surface area (Å²) >= 11 is 2.58. The number of β-lactam (4-membered cyclic amide) rings is 1. The molecule has 0 spiro atoms. The van der Waals surface area contributed by atoms with Crippen molar-refractivity contribution in [1.29, 1.82) is 0 Å². The number of rotatable bonds is 8. The number of carboxylic acids is 1. The van der Waals surface area contributed by atoms with Crippen molar-refractivity contribution in [3.63, 3.8) is 0 Å². The zero-order chi connectivity index (χ0) is 23.8. The maximum atomic E-state index is 13.0. The van der Waals surface area contributed by atoms with Gasteiger partial charge in [-0.25, -0.2) is 14.8 Å². The molecular formula is C22H24N5NaO5S2. The van der Waals surface area contributed by atoms with Crippen LogP contribution in [0.2, 0.25) is 0 Å². The van der Waals surface area contributed by atoms with E-state index in [2.05, 4.69) is 20.6 Å². The first-order chi connectivity index (χ1) is 16.4. The summed E-state index contributed by atoms with van der Waals surface area (Å²) < 4.78 is 0. The van der Waals surface area contributed by atoms with E-state index in [1.807, 2.05) is 0 Å². The molecule has 0 bridgehead atoms. The van der Waals surface area contributed by atoms with Crippen LogP contribution in [0.5, 0.6) is 0 Å². The number of hydrogen-bond donors (Lipinski definition) is 3. The van der Waals surface area contributed by atoms with Gasteiger partial charge in [-0.05, 0) is 48.8 Å². The molecule has 180 valence electrons. The third-order valence-electron chi connectivity index (χ3n) is 6.21. The van der Waals surface area contributed by atoms with Crippen LogP contribution in [0.25, 0.3) is 0 Å². The Kier molecular flexibility index (Phi) is 8.26. The molecule has 3 N–H and O–H groups in total. The van der Waals surface area contributed by atoms with E-state index in [0.717, 1.165) is 30.2 Å². The maximum absolute atomic E-state index is 13.0. The summed E-state index contributed by atoms with van der Waals surface area (Å²) in [6.45, 7) is 0.538. The zero-order valence-corrected chi connectivity index (χ0v) is 19.8. The van der Waals surface area contributed by atoms with E-state index < -0.39 is 23.3 Å². The first kappa shape index (κ1) is 26.2. The van der Waals surface area contributed by atoms with Gasteiger partial charge in [-0.1, -0.05) is 11.8 Å². The standard InChI is InChI=1S/C22H23N5O5S2.Na.H/c28-15(10-34-22-24-5-1-6-25-22)26-16-19(30)27-17(21(31)32)14(9-33-20(16)27)13(8-11-2-3-11)12-4-7-23-18(12)29;;/h1,5-6,11,16,20H,2-4,7-10H2,(H,23,29)(H,26,28)(H,31,32);;/t16-,20-;;/m1../s1. The summed E-state index contributed by atoms with van der Waals surface area (Å²) in [5.74, 6) is -1.28. The Balaban J connectivity index is 0.00000289. The second kappa shape index (κ2) is 11.0. The fourth-order valence-electron chi connectivity index (χ4n) is 4.40. The Hall–Kier alpha value is -1.86. The van der Waals surface area contributed by atoms with Crippen molar-refractivity contribution in [2.24, 2.45) is 5.92 Å². The van der Waals surface area contributed by atoms with Crippen LogP contribution in [0.1, 0.15) is 25.7 Å². The quantitative estimate of drug-likeness (QED) is 0.143. The van der Waals surface area contributed by atoms with Gasteiger partial charge in [-0.15, -0.1) is 11.8 Å². The van der Waals surface area contributed by atoms with E-state index in [1.54, 1.807) is 18.5 Å². The first-order valence-electron chi connectivity index (χ1n) is 11.0. The molecule has 10 nitrogen and oxygen atoms in total. The summed E-state index contributed by atoms with van der Waals surface area (Å²) in [4.78, 5) is 59.5. The molecule has 35 heavy (non-hydrogen) atoms. The fourth-order valence-corrected chi connectivity index (χ4v) is 6.40. The molecule has 0 aromatic carbocycles. The third-order valence-corrected chi connectivity index (χ3v) is 8.37. The van der Waals surface area contributed by atoms with Gasteiger partial charge in [0.05, 0.1) is 5.75 Å². The van der Waals surface area contributed by atoms with Gasteiger partial charge in [-0.3, -0.25) is 19.3 Å². The molecule has 4 aliphatic rings. The summed E-state index contributed by atoms with van der Waals surface area (Å²) in [6, 6.07) is 0.888. The molecule has 13 heteroatoms. The van der Waals surface area contributed by atoms with Crippen LogP contribution < -0.4 is 10.6 Å². The van der Waals surface area contributed by atoms with Crippen LogP contribution in [0.15, 0.2) is 46.0 Å². The number of fused-ring (bicyclic) bond motifs is 1. The van der Waals surface area contributed by atoms with Gasteiger partial charge >= 0.3 is 35.5 Å². The number of hydrogen-bond acceptors (Lipinski definition) is 8. The van der Waals surface area contributed by atoms with E-state index in [4.69, 9.17) is 0 Å². The Bertz CT molecular complexity index is 1120. The predicted molar refractivity (Wildman–Crippen MR) is 132 cm³/mol. The fraction of sp³-hybridized carbons (Fsp3) is 0.455. The number of carboxylic acid groups (broad SMARTS) is 1. The van der Waals surface area contributed by atoms with Crippen molar-refractivity contribution in [2.45, 2.75) is 42.3 Å². The average molecular weight is 526 g/mol. The number of aliphatic carboxylic acids is 1. The van der Waals surface area contributed by atoms with Gasteiger partial charge in [0.1, 0.15) is 17.1 Å². The van der Waals surface area contributed by atoms with E-state index in [0.29, 0.717) is 47.4 Å². The third kappa shape index (κ3) is 5.46. The number of amides is 3. The van der Waals surface area contributed by atoms with E-state index >= 15 is 0 Å². The van der Waals surface area contributed by atoms with Crippen LogP contribution in [-0.4, -0.2) is 103 Å². The molecule has 4 heterocycles. The van der Waals surface area contributed by atoms with Crippen molar-refractivity contribution >= 4 is 76.8 Å². The van der Waals surface area contributed by atoms with Gasteiger partial charge < -0.3 is 15.7 Å². The van der Waals surface area contributed by atoms with Gasteiger partial charge in [0.15, 0.2) is 5.16 Å². The van der Waals surface area contributed by atoms with Crippen molar-refractivity contribution in [1.82, 2.24) is 25.5 Å². The van der Waals surface area contributed by atoms with Gasteiger partial charge in [0.25, 0.3) is 5.91 Å². The Morgan fingerprint density at radius 2 is 2.00 bits per heavy atom. The van der Waals surface area contributed by atoms with Crippen LogP contribution in [0.3, 0.4) is 0 Å². The van der Waals surface area contributed by atoms with Crippen LogP contribution in [-0.2, 0) is 19.2 Å².